The summed E-state index contributed by atoms with van der Waals surface area (Å²) in [6.45, 7) is 0. The van der Waals surface area contributed by atoms with E-state index < -0.39 is 21.5 Å². The molecule has 7 heteroatoms. The first-order valence-electron chi connectivity index (χ1n) is 8.33. The fourth-order valence-corrected chi connectivity index (χ4v) is 5.23. The van der Waals surface area contributed by atoms with Crippen molar-refractivity contribution in [1.82, 2.24) is 4.98 Å². The van der Waals surface area contributed by atoms with Crippen molar-refractivity contribution in [3.63, 3.8) is 0 Å². The van der Waals surface area contributed by atoms with Crippen molar-refractivity contribution in [3.05, 3.63) is 72.3 Å². The van der Waals surface area contributed by atoms with E-state index in [1.165, 1.54) is 11.3 Å². The molecule has 0 fully saturated rings. The monoisotopic (exact) mass is 396 g/mol. The first-order chi connectivity index (χ1) is 13.0. The lowest BCUT2D eigenvalue weighted by atomic mass is 10.1. The second-order valence-corrected chi connectivity index (χ2v) is 9.28. The number of hydrogen-bond donors (Lipinski definition) is 1. The van der Waals surface area contributed by atoms with Gasteiger partial charge in [-0.15, -0.1) is 0 Å². The van der Waals surface area contributed by atoms with Crippen LogP contribution in [0.15, 0.2) is 66.7 Å². The molecule has 4 aromatic rings. The largest absolute Gasteiger partial charge is 0.301 e. The van der Waals surface area contributed by atoms with E-state index in [1.807, 2.05) is 42.5 Å². The predicted molar refractivity (Wildman–Crippen MR) is 110 cm³/mol. The number of hydrogen-bond acceptors (Lipinski definition) is 5. The van der Waals surface area contributed by atoms with Crippen molar-refractivity contribution < 1.29 is 13.2 Å². The van der Waals surface area contributed by atoms with E-state index in [1.54, 1.807) is 24.3 Å². The summed E-state index contributed by atoms with van der Waals surface area (Å²) in [7, 11) is -3.55. The summed E-state index contributed by atoms with van der Waals surface area (Å²) in [4.78, 5) is 16.6. The Hall–Kier alpha value is -2.77. The van der Waals surface area contributed by atoms with Crippen LogP contribution in [0.2, 0.25) is 0 Å². The summed E-state index contributed by atoms with van der Waals surface area (Å²) in [5, 5.41) is 5.19. The molecule has 0 aliphatic heterocycles. The minimum atomic E-state index is -3.55. The molecule has 27 heavy (non-hydrogen) atoms. The lowest BCUT2D eigenvalue weighted by Crippen LogP contribution is -2.23. The fourth-order valence-electron chi connectivity index (χ4n) is 2.94. The molecule has 5 nitrogen and oxygen atoms in total. The number of aromatic nitrogens is 1. The van der Waals surface area contributed by atoms with Crippen molar-refractivity contribution in [2.75, 3.05) is 11.1 Å². The van der Waals surface area contributed by atoms with Crippen LogP contribution in [0.25, 0.3) is 21.0 Å². The molecule has 3 aromatic carbocycles. The van der Waals surface area contributed by atoms with E-state index in [2.05, 4.69) is 10.3 Å². The SMILES string of the molecule is O=C(CS(=O)(=O)Cc1ccccc1)Nc1nc2ccc3ccccc3c2s1. The third-order valence-corrected chi connectivity index (χ3v) is 6.60. The van der Waals surface area contributed by atoms with Crippen LogP contribution < -0.4 is 5.32 Å². The average Bonchev–Trinajstić information content (AvgIpc) is 3.04. The topological polar surface area (TPSA) is 76.1 Å². The molecule has 4 rings (SSSR count). The lowest BCUT2D eigenvalue weighted by molar-refractivity contribution is -0.113. The highest BCUT2D eigenvalue weighted by molar-refractivity contribution is 7.91. The van der Waals surface area contributed by atoms with Gasteiger partial charge in [-0.05, 0) is 17.0 Å². The Morgan fingerprint density at radius 2 is 1.70 bits per heavy atom. The van der Waals surface area contributed by atoms with Gasteiger partial charge >= 0.3 is 0 Å². The van der Waals surface area contributed by atoms with Crippen LogP contribution in [-0.4, -0.2) is 25.1 Å². The molecule has 1 aromatic heterocycles. The van der Waals surface area contributed by atoms with Crippen molar-refractivity contribution in [1.29, 1.82) is 0 Å². The molecule has 1 N–H and O–H groups in total. The normalized spacial score (nSPS) is 11.7. The summed E-state index contributed by atoms with van der Waals surface area (Å²) < 4.78 is 25.5. The van der Waals surface area contributed by atoms with Crippen LogP contribution in [0.5, 0.6) is 0 Å². The van der Waals surface area contributed by atoms with Crippen LogP contribution in [0.1, 0.15) is 5.56 Å². The van der Waals surface area contributed by atoms with Gasteiger partial charge < -0.3 is 5.32 Å². The van der Waals surface area contributed by atoms with Gasteiger partial charge in [0.05, 0.1) is 16.0 Å². The molecule has 0 saturated carbocycles. The Labute approximate surface area is 160 Å². The molecule has 1 amide bonds. The maximum Gasteiger partial charge on any atom is 0.241 e. The van der Waals surface area contributed by atoms with Crippen molar-refractivity contribution in [2.45, 2.75) is 5.75 Å². The maximum absolute atomic E-state index is 12.3. The fraction of sp³-hybridized carbons (Fsp3) is 0.100. The Kier molecular flexibility index (Phi) is 4.63. The highest BCUT2D eigenvalue weighted by atomic mass is 32.2. The van der Waals surface area contributed by atoms with Crippen molar-refractivity contribution in [3.8, 4) is 0 Å². The van der Waals surface area contributed by atoms with Crippen LogP contribution in [0.3, 0.4) is 0 Å². The van der Waals surface area contributed by atoms with Crippen LogP contribution in [-0.2, 0) is 20.4 Å². The zero-order valence-corrected chi connectivity index (χ0v) is 15.9. The lowest BCUT2D eigenvalue weighted by Gasteiger charge is -2.04. The zero-order valence-electron chi connectivity index (χ0n) is 14.3. The van der Waals surface area contributed by atoms with E-state index in [-0.39, 0.29) is 5.75 Å². The van der Waals surface area contributed by atoms with Gasteiger partial charge in [-0.25, -0.2) is 13.4 Å². The molecular formula is C20H16N2O3S2. The second-order valence-electron chi connectivity index (χ2n) is 6.22. The number of fused-ring (bicyclic) bond motifs is 3. The average molecular weight is 396 g/mol. The first-order valence-corrected chi connectivity index (χ1v) is 11.0. The maximum atomic E-state index is 12.3. The third-order valence-electron chi connectivity index (χ3n) is 4.11. The van der Waals surface area contributed by atoms with E-state index in [0.29, 0.717) is 10.7 Å². The van der Waals surface area contributed by atoms with Crippen molar-refractivity contribution in [2.24, 2.45) is 0 Å². The molecule has 0 bridgehead atoms. The standard InChI is InChI=1S/C20H16N2O3S2/c23-18(13-27(24,25)12-14-6-2-1-3-7-14)22-20-21-17-11-10-15-8-4-5-9-16(15)19(17)26-20/h1-11H,12-13H2,(H,21,22,23). The molecular weight excluding hydrogens is 380 g/mol. The number of nitrogens with one attached hydrogen (secondary N) is 1. The van der Waals surface area contributed by atoms with E-state index in [9.17, 15) is 13.2 Å². The number of carbonyl (C=O) groups excluding carboxylic acids is 1. The smallest absolute Gasteiger partial charge is 0.241 e. The van der Waals surface area contributed by atoms with E-state index in [0.717, 1.165) is 21.0 Å². The summed E-state index contributed by atoms with van der Waals surface area (Å²) >= 11 is 1.35. The van der Waals surface area contributed by atoms with Gasteiger partial charge in [-0.1, -0.05) is 72.0 Å². The quantitative estimate of drug-likeness (QED) is 0.553. The highest BCUT2D eigenvalue weighted by Gasteiger charge is 2.19. The molecule has 136 valence electrons. The number of rotatable bonds is 5. The number of nitrogens with zero attached hydrogens (tertiary/aromatic N) is 1. The minimum absolute atomic E-state index is 0.161. The molecule has 0 saturated heterocycles. The Bertz CT molecular complexity index is 1230. The van der Waals surface area contributed by atoms with Gasteiger partial charge in [0.25, 0.3) is 0 Å². The van der Waals surface area contributed by atoms with E-state index >= 15 is 0 Å². The van der Waals surface area contributed by atoms with Gasteiger partial charge in [0.15, 0.2) is 15.0 Å². The zero-order chi connectivity index (χ0) is 18.9. The van der Waals surface area contributed by atoms with Crippen LogP contribution in [0, 0.1) is 0 Å². The minimum Gasteiger partial charge on any atom is -0.301 e. The van der Waals surface area contributed by atoms with Gasteiger partial charge in [-0.2, -0.15) is 0 Å². The first kappa shape index (κ1) is 17.6. The van der Waals surface area contributed by atoms with Gasteiger partial charge in [0.1, 0.15) is 5.75 Å². The summed E-state index contributed by atoms with van der Waals surface area (Å²) in [6, 6.07) is 20.7. The molecule has 0 unspecified atom stereocenters. The number of benzene rings is 3. The molecule has 0 aliphatic rings. The number of anilines is 1. The number of amides is 1. The Balaban J connectivity index is 1.52. The summed E-state index contributed by atoms with van der Waals surface area (Å²) in [5.74, 6) is -1.31. The van der Waals surface area contributed by atoms with Gasteiger partial charge in [0.2, 0.25) is 5.91 Å². The molecule has 0 atom stereocenters. The van der Waals surface area contributed by atoms with Gasteiger partial charge in [0, 0.05) is 5.39 Å². The summed E-state index contributed by atoms with van der Waals surface area (Å²) in [6.07, 6.45) is 0. The molecule has 1 heterocycles. The van der Waals surface area contributed by atoms with Crippen LogP contribution in [0.4, 0.5) is 5.13 Å². The summed E-state index contributed by atoms with van der Waals surface area (Å²) in [5.41, 5.74) is 1.44. The van der Waals surface area contributed by atoms with Crippen LogP contribution >= 0.6 is 11.3 Å². The predicted octanol–water partition coefficient (Wildman–Crippen LogP) is 4.00. The Morgan fingerprint density at radius 3 is 2.52 bits per heavy atom. The Morgan fingerprint density at radius 1 is 0.963 bits per heavy atom. The van der Waals surface area contributed by atoms with Gasteiger partial charge in [-0.3, -0.25) is 4.79 Å². The highest BCUT2D eigenvalue weighted by Crippen LogP contribution is 2.32. The van der Waals surface area contributed by atoms with E-state index in [4.69, 9.17) is 0 Å². The molecule has 0 spiro atoms. The third kappa shape index (κ3) is 3.99. The molecule has 0 aliphatic carbocycles. The number of carbonyl (C=O) groups is 1. The van der Waals surface area contributed by atoms with Crippen molar-refractivity contribution >= 4 is 53.2 Å². The number of sulfone groups is 1. The molecule has 0 radical (unpaired) electrons. The number of thiazole rings is 1. The second kappa shape index (κ2) is 7.09.